The molecular formula is C12H16N2OS. The molecule has 4 heteroatoms. The first kappa shape index (κ1) is 11.4. The zero-order valence-corrected chi connectivity index (χ0v) is 10.3. The van der Waals surface area contributed by atoms with Gasteiger partial charge in [0, 0.05) is 17.9 Å². The molecule has 2 heterocycles. The molecule has 0 spiro atoms. The van der Waals surface area contributed by atoms with Crippen molar-refractivity contribution in [2.24, 2.45) is 0 Å². The Morgan fingerprint density at radius 2 is 2.31 bits per heavy atom. The fourth-order valence-corrected chi connectivity index (χ4v) is 2.58. The summed E-state index contributed by atoms with van der Waals surface area (Å²) >= 11 is 1.68. The summed E-state index contributed by atoms with van der Waals surface area (Å²) in [7, 11) is 0. The highest BCUT2D eigenvalue weighted by Crippen LogP contribution is 2.30. The Kier molecular flexibility index (Phi) is 3.41. The van der Waals surface area contributed by atoms with Gasteiger partial charge in [-0.2, -0.15) is 5.10 Å². The molecule has 0 saturated carbocycles. The van der Waals surface area contributed by atoms with E-state index in [4.69, 9.17) is 5.11 Å². The van der Waals surface area contributed by atoms with E-state index in [1.54, 1.807) is 11.3 Å². The van der Waals surface area contributed by atoms with Crippen LogP contribution in [0.1, 0.15) is 31.0 Å². The third-order valence-electron chi connectivity index (χ3n) is 2.59. The Bertz CT molecular complexity index is 446. The highest BCUT2D eigenvalue weighted by Gasteiger charge is 2.16. The molecule has 0 fully saturated rings. The molecule has 0 bridgehead atoms. The van der Waals surface area contributed by atoms with Gasteiger partial charge in [0.2, 0.25) is 0 Å². The van der Waals surface area contributed by atoms with Crippen molar-refractivity contribution >= 4 is 11.3 Å². The second-order valence-electron chi connectivity index (χ2n) is 4.07. The van der Waals surface area contributed by atoms with E-state index in [1.807, 2.05) is 11.4 Å². The van der Waals surface area contributed by atoms with Crippen molar-refractivity contribution in [3.05, 3.63) is 28.8 Å². The summed E-state index contributed by atoms with van der Waals surface area (Å²) in [4.78, 5) is 1.16. The Balaban J connectivity index is 2.46. The molecule has 0 aliphatic carbocycles. The van der Waals surface area contributed by atoms with Crippen LogP contribution in [0.25, 0.3) is 10.6 Å². The summed E-state index contributed by atoms with van der Waals surface area (Å²) in [5.74, 6) is 0.405. The average Bonchev–Trinajstić information content (AvgIpc) is 2.84. The molecule has 16 heavy (non-hydrogen) atoms. The summed E-state index contributed by atoms with van der Waals surface area (Å²) in [5.41, 5.74) is 3.28. The molecule has 0 aromatic carbocycles. The van der Waals surface area contributed by atoms with Crippen LogP contribution in [-0.4, -0.2) is 21.9 Å². The second kappa shape index (κ2) is 4.80. The minimum Gasteiger partial charge on any atom is -0.396 e. The maximum atomic E-state index is 9.13. The number of hydrogen-bond acceptors (Lipinski definition) is 3. The van der Waals surface area contributed by atoms with E-state index >= 15 is 0 Å². The van der Waals surface area contributed by atoms with Crippen LogP contribution in [0.15, 0.2) is 17.5 Å². The molecule has 0 radical (unpaired) electrons. The molecule has 2 N–H and O–H groups in total. The van der Waals surface area contributed by atoms with Gasteiger partial charge in [-0.15, -0.1) is 11.3 Å². The number of H-pyrrole nitrogens is 1. The smallest absolute Gasteiger partial charge is 0.106 e. The Hall–Kier alpha value is -1.13. The third-order valence-corrected chi connectivity index (χ3v) is 3.47. The summed E-state index contributed by atoms with van der Waals surface area (Å²) < 4.78 is 0. The van der Waals surface area contributed by atoms with Crippen LogP contribution in [0.4, 0.5) is 0 Å². The van der Waals surface area contributed by atoms with Gasteiger partial charge in [-0.05, 0) is 23.8 Å². The molecule has 3 nitrogen and oxygen atoms in total. The van der Waals surface area contributed by atoms with Gasteiger partial charge >= 0.3 is 0 Å². The average molecular weight is 236 g/mol. The van der Waals surface area contributed by atoms with Gasteiger partial charge in [0.1, 0.15) is 5.69 Å². The van der Waals surface area contributed by atoms with Crippen LogP contribution in [0.5, 0.6) is 0 Å². The topological polar surface area (TPSA) is 48.9 Å². The van der Waals surface area contributed by atoms with E-state index in [-0.39, 0.29) is 6.61 Å². The number of aromatic amines is 1. The lowest BCUT2D eigenvalue weighted by atomic mass is 10.0. The molecule has 2 aromatic rings. The number of nitrogens with zero attached hydrogens (tertiary/aromatic N) is 1. The molecule has 0 aliphatic heterocycles. The zero-order chi connectivity index (χ0) is 11.5. The summed E-state index contributed by atoms with van der Waals surface area (Å²) in [6.07, 6.45) is 0.664. The minimum atomic E-state index is 0.164. The van der Waals surface area contributed by atoms with Crippen LogP contribution in [0.2, 0.25) is 0 Å². The summed E-state index contributed by atoms with van der Waals surface area (Å²) in [6, 6.07) is 4.08. The first-order chi connectivity index (χ1) is 7.74. The molecule has 0 saturated heterocycles. The number of aliphatic hydroxyl groups excluding tert-OH is 1. The highest BCUT2D eigenvalue weighted by molar-refractivity contribution is 7.13. The number of aliphatic hydroxyl groups is 1. The van der Waals surface area contributed by atoms with Crippen molar-refractivity contribution in [1.29, 1.82) is 0 Å². The maximum Gasteiger partial charge on any atom is 0.106 e. The Morgan fingerprint density at radius 3 is 2.88 bits per heavy atom. The lowest BCUT2D eigenvalue weighted by Gasteiger charge is -2.06. The van der Waals surface area contributed by atoms with E-state index < -0.39 is 0 Å². The minimum absolute atomic E-state index is 0.164. The predicted molar refractivity (Wildman–Crippen MR) is 66.8 cm³/mol. The normalized spacial score (nSPS) is 11.2. The van der Waals surface area contributed by atoms with Crippen molar-refractivity contribution in [2.45, 2.75) is 26.2 Å². The number of rotatable bonds is 4. The Morgan fingerprint density at radius 1 is 1.50 bits per heavy atom. The number of thiophene rings is 1. The first-order valence-corrected chi connectivity index (χ1v) is 6.34. The van der Waals surface area contributed by atoms with Crippen molar-refractivity contribution in [3.63, 3.8) is 0 Å². The van der Waals surface area contributed by atoms with Crippen molar-refractivity contribution in [2.75, 3.05) is 6.61 Å². The van der Waals surface area contributed by atoms with E-state index in [9.17, 15) is 0 Å². The Labute approximate surface area is 99.1 Å². The number of aromatic nitrogens is 2. The van der Waals surface area contributed by atoms with E-state index in [0.29, 0.717) is 12.3 Å². The molecule has 0 atom stereocenters. The first-order valence-electron chi connectivity index (χ1n) is 5.46. The van der Waals surface area contributed by atoms with Gasteiger partial charge in [0.25, 0.3) is 0 Å². The molecule has 0 amide bonds. The van der Waals surface area contributed by atoms with Crippen LogP contribution >= 0.6 is 11.3 Å². The predicted octanol–water partition coefficient (Wildman–Crippen LogP) is 2.80. The van der Waals surface area contributed by atoms with Gasteiger partial charge in [-0.3, -0.25) is 5.10 Å². The van der Waals surface area contributed by atoms with Crippen LogP contribution in [-0.2, 0) is 6.42 Å². The van der Waals surface area contributed by atoms with Crippen molar-refractivity contribution in [1.82, 2.24) is 10.2 Å². The molecule has 2 aromatic heterocycles. The van der Waals surface area contributed by atoms with Crippen LogP contribution in [0.3, 0.4) is 0 Å². The quantitative estimate of drug-likeness (QED) is 0.857. The maximum absolute atomic E-state index is 9.13. The van der Waals surface area contributed by atoms with E-state index in [0.717, 1.165) is 21.8 Å². The highest BCUT2D eigenvalue weighted by atomic mass is 32.1. The third kappa shape index (κ3) is 2.03. The van der Waals surface area contributed by atoms with E-state index in [2.05, 4.69) is 30.1 Å². The number of nitrogens with one attached hydrogen (secondary N) is 1. The van der Waals surface area contributed by atoms with Gasteiger partial charge in [-0.1, -0.05) is 19.9 Å². The standard InChI is InChI=1S/C12H16N2OS/c1-8(2)11-9(5-6-15)12(14-13-11)10-4-3-7-16-10/h3-4,7-8,15H,5-6H2,1-2H3,(H,13,14). The largest absolute Gasteiger partial charge is 0.396 e. The molecular weight excluding hydrogens is 220 g/mol. The van der Waals surface area contributed by atoms with Gasteiger partial charge in [-0.25, -0.2) is 0 Å². The van der Waals surface area contributed by atoms with Crippen LogP contribution in [0, 0.1) is 0 Å². The van der Waals surface area contributed by atoms with Crippen molar-refractivity contribution < 1.29 is 5.11 Å². The molecule has 2 rings (SSSR count). The SMILES string of the molecule is CC(C)c1[nH]nc(-c2cccs2)c1CCO. The molecule has 0 aliphatic rings. The zero-order valence-electron chi connectivity index (χ0n) is 9.53. The van der Waals surface area contributed by atoms with E-state index in [1.165, 1.54) is 0 Å². The summed E-state index contributed by atoms with van der Waals surface area (Å²) in [5, 5.41) is 18.6. The molecule has 0 unspecified atom stereocenters. The lowest BCUT2D eigenvalue weighted by molar-refractivity contribution is 0.299. The van der Waals surface area contributed by atoms with Crippen LogP contribution < -0.4 is 0 Å². The van der Waals surface area contributed by atoms with Gasteiger partial charge < -0.3 is 5.11 Å². The second-order valence-corrected chi connectivity index (χ2v) is 5.02. The summed E-state index contributed by atoms with van der Waals surface area (Å²) in [6.45, 7) is 4.43. The fraction of sp³-hybridized carbons (Fsp3) is 0.417. The van der Waals surface area contributed by atoms with Gasteiger partial charge in [0.05, 0.1) is 4.88 Å². The fourth-order valence-electron chi connectivity index (χ4n) is 1.84. The lowest BCUT2D eigenvalue weighted by Crippen LogP contribution is -1.98. The molecule has 86 valence electrons. The number of hydrogen-bond donors (Lipinski definition) is 2. The van der Waals surface area contributed by atoms with Crippen molar-refractivity contribution in [3.8, 4) is 10.6 Å². The monoisotopic (exact) mass is 236 g/mol. The van der Waals surface area contributed by atoms with Gasteiger partial charge in [0.15, 0.2) is 0 Å².